The molecule has 218 valence electrons. The van der Waals surface area contributed by atoms with Crippen molar-refractivity contribution in [3.05, 3.63) is 59.4 Å². The van der Waals surface area contributed by atoms with E-state index in [9.17, 15) is 14.0 Å². The monoisotopic (exact) mass is 551 g/mol. The predicted octanol–water partition coefficient (Wildman–Crippen LogP) is 6.43. The molecule has 7 heteroatoms. The highest BCUT2D eigenvalue weighted by Gasteiger charge is 2.45. The summed E-state index contributed by atoms with van der Waals surface area (Å²) in [5.74, 6) is -0.139. The normalized spacial score (nSPS) is 23.2. The predicted molar refractivity (Wildman–Crippen MR) is 161 cm³/mol. The molecular weight excluding hydrogens is 503 g/mol. The smallest absolute Gasteiger partial charge is 0.282 e. The molecular formula is C33H48FN4O2+. The highest BCUT2D eigenvalue weighted by molar-refractivity contribution is 5.96. The topological polar surface area (TPSA) is 61.4 Å². The van der Waals surface area contributed by atoms with Crippen LogP contribution in [0.25, 0.3) is 0 Å². The van der Waals surface area contributed by atoms with E-state index in [2.05, 4.69) is 48.4 Å². The molecule has 2 amide bonds. The molecule has 6 nitrogen and oxygen atoms in total. The third-order valence-electron chi connectivity index (χ3n) is 9.06. The van der Waals surface area contributed by atoms with Gasteiger partial charge in [0, 0.05) is 24.2 Å². The molecule has 2 fully saturated rings. The van der Waals surface area contributed by atoms with Crippen LogP contribution in [0.3, 0.4) is 0 Å². The van der Waals surface area contributed by atoms with Crippen molar-refractivity contribution in [2.24, 2.45) is 0 Å². The molecule has 2 aromatic rings. The van der Waals surface area contributed by atoms with Crippen molar-refractivity contribution in [2.45, 2.75) is 90.6 Å². The first-order chi connectivity index (χ1) is 19.3. The summed E-state index contributed by atoms with van der Waals surface area (Å²) in [6.07, 6.45) is 9.35. The van der Waals surface area contributed by atoms with Crippen molar-refractivity contribution in [1.82, 2.24) is 4.90 Å². The first kappa shape index (κ1) is 30.2. The number of hydrogen-bond donors (Lipinski definition) is 2. The molecule has 0 aliphatic carbocycles. The van der Waals surface area contributed by atoms with E-state index >= 15 is 0 Å². The lowest BCUT2D eigenvalue weighted by Gasteiger charge is -2.40. The summed E-state index contributed by atoms with van der Waals surface area (Å²) < 4.78 is 14.2. The second-order valence-electron chi connectivity index (χ2n) is 11.9. The lowest BCUT2D eigenvalue weighted by atomic mass is 10.0. The van der Waals surface area contributed by atoms with Crippen molar-refractivity contribution in [1.29, 1.82) is 0 Å². The molecule has 2 N–H and O–H groups in total. The summed E-state index contributed by atoms with van der Waals surface area (Å²) in [5.41, 5.74) is 3.82. The number of carbonyl (C=O) groups excluding carboxylic acids is 2. The van der Waals surface area contributed by atoms with Gasteiger partial charge in [0.1, 0.15) is 5.82 Å². The van der Waals surface area contributed by atoms with E-state index in [1.54, 1.807) is 12.1 Å². The van der Waals surface area contributed by atoms with Gasteiger partial charge in [-0.1, -0.05) is 38.0 Å². The van der Waals surface area contributed by atoms with E-state index in [0.29, 0.717) is 5.69 Å². The maximum absolute atomic E-state index is 13.7. The van der Waals surface area contributed by atoms with Crippen molar-refractivity contribution < 1.29 is 18.5 Å². The van der Waals surface area contributed by atoms with Crippen LogP contribution in [0.1, 0.15) is 75.8 Å². The molecule has 0 bridgehead atoms. The number of halogens is 1. The van der Waals surface area contributed by atoms with E-state index in [-0.39, 0.29) is 29.7 Å². The number of para-hydroxylation sites is 1. The molecule has 2 aliphatic heterocycles. The molecule has 3 unspecified atom stereocenters. The Labute approximate surface area is 239 Å². The first-order valence-corrected chi connectivity index (χ1v) is 15.4. The minimum absolute atomic E-state index is 0.000493. The number of quaternary nitrogens is 1. The van der Waals surface area contributed by atoms with Gasteiger partial charge in [-0.3, -0.25) is 14.5 Å². The summed E-state index contributed by atoms with van der Waals surface area (Å²) >= 11 is 0. The summed E-state index contributed by atoms with van der Waals surface area (Å²) in [4.78, 5) is 29.1. The highest BCUT2D eigenvalue weighted by Crippen LogP contribution is 2.31. The highest BCUT2D eigenvalue weighted by atomic mass is 19.1. The Morgan fingerprint density at radius 3 is 2.35 bits per heavy atom. The van der Waals surface area contributed by atoms with Gasteiger partial charge in [0.2, 0.25) is 5.91 Å². The number of unbranched alkanes of at least 4 members (excludes halogenated alkanes) is 2. The van der Waals surface area contributed by atoms with Gasteiger partial charge in [-0.2, -0.15) is 0 Å². The van der Waals surface area contributed by atoms with Crippen LogP contribution >= 0.6 is 0 Å². The fourth-order valence-corrected chi connectivity index (χ4v) is 6.80. The maximum atomic E-state index is 13.7. The lowest BCUT2D eigenvalue weighted by molar-refractivity contribution is -0.931. The molecule has 2 saturated heterocycles. The number of hydrogen-bond acceptors (Lipinski definition) is 3. The minimum Gasteiger partial charge on any atom is -0.325 e. The summed E-state index contributed by atoms with van der Waals surface area (Å²) in [6.45, 7) is 11.3. The fourth-order valence-electron chi connectivity index (χ4n) is 6.80. The van der Waals surface area contributed by atoms with Crippen LogP contribution in [0.2, 0.25) is 0 Å². The first-order valence-electron chi connectivity index (χ1n) is 15.4. The average molecular weight is 552 g/mol. The van der Waals surface area contributed by atoms with Crippen LogP contribution < -0.4 is 10.6 Å². The van der Waals surface area contributed by atoms with Crippen molar-refractivity contribution >= 4 is 23.2 Å². The van der Waals surface area contributed by atoms with Gasteiger partial charge in [0.25, 0.3) is 5.91 Å². The van der Waals surface area contributed by atoms with Gasteiger partial charge in [0.15, 0.2) is 6.04 Å². The third-order valence-corrected chi connectivity index (χ3v) is 9.06. The third kappa shape index (κ3) is 7.49. The van der Waals surface area contributed by atoms with Crippen LogP contribution in [-0.2, 0) is 9.59 Å². The van der Waals surface area contributed by atoms with Crippen molar-refractivity contribution in [3.63, 3.8) is 0 Å². The Kier molecular flexibility index (Phi) is 10.7. The minimum atomic E-state index is -0.306. The number of likely N-dealkylation sites (tertiary alicyclic amines) is 2. The van der Waals surface area contributed by atoms with Gasteiger partial charge in [0.05, 0.1) is 25.7 Å². The SMILES string of the molecule is CCCC[N+]1(CCCCN2CCCCC2C(=O)Nc2ccc(F)cc2)CCCC1C(=O)Nc1c(C)cccc1C. The van der Waals surface area contributed by atoms with Gasteiger partial charge < -0.3 is 15.1 Å². The number of amides is 2. The van der Waals surface area contributed by atoms with E-state index in [1.807, 2.05) is 6.07 Å². The second kappa shape index (κ2) is 14.2. The largest absolute Gasteiger partial charge is 0.325 e. The molecule has 2 heterocycles. The number of piperidine rings is 1. The zero-order valence-corrected chi connectivity index (χ0v) is 24.7. The van der Waals surface area contributed by atoms with Crippen molar-refractivity contribution in [3.8, 4) is 0 Å². The van der Waals surface area contributed by atoms with Crippen LogP contribution in [0.4, 0.5) is 15.8 Å². The summed E-state index contributed by atoms with van der Waals surface area (Å²) in [7, 11) is 0. The molecule has 2 aromatic carbocycles. The number of anilines is 2. The summed E-state index contributed by atoms with van der Waals surface area (Å²) in [6, 6.07) is 12.0. The Hall–Kier alpha value is -2.77. The van der Waals surface area contributed by atoms with Crippen molar-refractivity contribution in [2.75, 3.05) is 43.4 Å². The van der Waals surface area contributed by atoms with E-state index in [1.165, 1.54) is 12.1 Å². The molecule has 4 rings (SSSR count). The zero-order chi connectivity index (χ0) is 28.5. The van der Waals surface area contributed by atoms with Crippen LogP contribution in [-0.4, -0.2) is 66.0 Å². The summed E-state index contributed by atoms with van der Waals surface area (Å²) in [5, 5.41) is 6.29. The van der Waals surface area contributed by atoms with Gasteiger partial charge in [-0.15, -0.1) is 0 Å². The number of nitrogens with zero attached hydrogens (tertiary/aromatic N) is 2. The Morgan fingerprint density at radius 1 is 0.900 bits per heavy atom. The average Bonchev–Trinajstić information content (AvgIpc) is 3.37. The number of carbonyl (C=O) groups is 2. The quantitative estimate of drug-likeness (QED) is 0.236. The number of nitrogens with one attached hydrogen (secondary N) is 2. The molecule has 2 aliphatic rings. The molecule has 0 spiro atoms. The second-order valence-corrected chi connectivity index (χ2v) is 11.9. The Balaban J connectivity index is 1.35. The van der Waals surface area contributed by atoms with Gasteiger partial charge >= 0.3 is 0 Å². The van der Waals surface area contributed by atoms with Gasteiger partial charge in [-0.25, -0.2) is 4.39 Å². The molecule has 3 atom stereocenters. The standard InChI is InChI=1S/C33H47FN4O2/c1-4-5-22-38(24-11-15-30(38)33(40)36-31-25(2)12-10-13-26(31)3)23-9-8-21-37-20-7-6-14-29(37)32(39)35-28-18-16-27(34)17-19-28/h10,12-13,16-19,29-30H,4-9,11,14-15,20-24H2,1-3H3,(H-,35,36,39,40)/p+1. The van der Waals surface area contributed by atoms with E-state index in [0.717, 1.165) is 112 Å². The van der Waals surface area contributed by atoms with E-state index < -0.39 is 0 Å². The van der Waals surface area contributed by atoms with Crippen LogP contribution in [0.5, 0.6) is 0 Å². The van der Waals surface area contributed by atoms with Crippen LogP contribution in [0.15, 0.2) is 42.5 Å². The Bertz CT molecular complexity index is 1120. The van der Waals surface area contributed by atoms with Crippen LogP contribution in [0, 0.1) is 19.7 Å². The Morgan fingerprint density at radius 2 is 1.62 bits per heavy atom. The molecule has 0 aromatic heterocycles. The lowest BCUT2D eigenvalue weighted by Crippen LogP contribution is -2.57. The number of aryl methyl sites for hydroxylation is 2. The number of rotatable bonds is 12. The number of benzene rings is 2. The fraction of sp³-hybridized carbons (Fsp3) is 0.576. The zero-order valence-electron chi connectivity index (χ0n) is 24.7. The molecule has 0 saturated carbocycles. The maximum Gasteiger partial charge on any atom is 0.282 e. The van der Waals surface area contributed by atoms with E-state index in [4.69, 9.17) is 0 Å². The molecule has 0 radical (unpaired) electrons. The van der Waals surface area contributed by atoms with Gasteiger partial charge in [-0.05, 0) is 94.4 Å². The molecule has 40 heavy (non-hydrogen) atoms.